The van der Waals surface area contributed by atoms with Crippen LogP contribution < -0.4 is 10.2 Å². The van der Waals surface area contributed by atoms with Gasteiger partial charge in [-0.3, -0.25) is 14.9 Å². The van der Waals surface area contributed by atoms with Crippen LogP contribution in [0.3, 0.4) is 0 Å². The van der Waals surface area contributed by atoms with E-state index in [1.54, 1.807) is 13.0 Å². The van der Waals surface area contributed by atoms with Crippen molar-refractivity contribution in [3.05, 3.63) is 33.9 Å². The van der Waals surface area contributed by atoms with Crippen LogP contribution in [0.1, 0.15) is 50.4 Å². The van der Waals surface area contributed by atoms with Gasteiger partial charge < -0.3 is 15.3 Å². The van der Waals surface area contributed by atoms with E-state index in [1.807, 2.05) is 4.90 Å². The molecule has 1 aliphatic heterocycles. The van der Waals surface area contributed by atoms with Crippen molar-refractivity contribution < 1.29 is 19.6 Å². The largest absolute Gasteiger partial charge is 0.480 e. The van der Waals surface area contributed by atoms with Gasteiger partial charge >= 0.3 is 5.97 Å². The van der Waals surface area contributed by atoms with Crippen molar-refractivity contribution in [1.29, 1.82) is 0 Å². The van der Waals surface area contributed by atoms with E-state index in [0.717, 1.165) is 25.9 Å². The number of nitrogens with zero attached hydrogens (tertiary/aromatic N) is 2. The average molecular weight is 363 g/mol. The molecule has 0 aliphatic carbocycles. The number of carboxylic acid groups (broad SMARTS) is 1. The topological polar surface area (TPSA) is 113 Å². The van der Waals surface area contributed by atoms with Crippen LogP contribution in [0.4, 0.5) is 11.4 Å². The monoisotopic (exact) mass is 363 g/mol. The highest BCUT2D eigenvalue weighted by Gasteiger charge is 2.33. The molecule has 1 aromatic carbocycles. The Morgan fingerprint density at radius 1 is 1.38 bits per heavy atom. The van der Waals surface area contributed by atoms with Crippen LogP contribution in [0.15, 0.2) is 18.2 Å². The number of nitrogens with one attached hydrogen (secondary N) is 1. The number of amides is 1. The number of carbonyl (C=O) groups is 2. The lowest BCUT2D eigenvalue weighted by molar-refractivity contribution is -0.384. The summed E-state index contributed by atoms with van der Waals surface area (Å²) in [5, 5.41) is 23.2. The fourth-order valence-electron chi connectivity index (χ4n) is 2.94. The maximum atomic E-state index is 12.4. The predicted octanol–water partition coefficient (Wildman–Crippen LogP) is 2.81. The normalized spacial score (nSPS) is 17.4. The predicted molar refractivity (Wildman–Crippen MR) is 97.5 cm³/mol. The van der Waals surface area contributed by atoms with Crippen molar-refractivity contribution in [3.8, 4) is 0 Å². The van der Waals surface area contributed by atoms with Gasteiger partial charge in [0.05, 0.1) is 4.92 Å². The van der Waals surface area contributed by atoms with Crippen molar-refractivity contribution in [2.24, 2.45) is 5.92 Å². The smallest absolute Gasteiger partial charge is 0.329 e. The third-order valence-corrected chi connectivity index (χ3v) is 5.13. The number of nitro groups is 1. The summed E-state index contributed by atoms with van der Waals surface area (Å²) < 4.78 is 0. The number of anilines is 1. The van der Waals surface area contributed by atoms with Crippen LogP contribution in [-0.4, -0.2) is 40.5 Å². The van der Waals surface area contributed by atoms with Crippen molar-refractivity contribution in [2.45, 2.75) is 45.6 Å². The Kier molecular flexibility index (Phi) is 5.84. The highest BCUT2D eigenvalue weighted by Crippen LogP contribution is 2.32. The minimum atomic E-state index is -1.42. The first-order valence-corrected chi connectivity index (χ1v) is 8.77. The first-order chi connectivity index (χ1) is 12.2. The molecule has 0 saturated carbocycles. The molecule has 1 atom stereocenters. The number of rotatable bonds is 6. The molecule has 26 heavy (non-hydrogen) atoms. The number of aliphatic carboxylic acids is 1. The van der Waals surface area contributed by atoms with Gasteiger partial charge in [-0.2, -0.15) is 0 Å². The number of benzene rings is 1. The molecule has 1 saturated heterocycles. The second-order valence-electron chi connectivity index (χ2n) is 7.08. The molecule has 1 aliphatic rings. The second-order valence-corrected chi connectivity index (χ2v) is 7.08. The van der Waals surface area contributed by atoms with Crippen LogP contribution in [0.5, 0.6) is 0 Å². The van der Waals surface area contributed by atoms with E-state index in [0.29, 0.717) is 11.6 Å². The molecular weight excluding hydrogens is 338 g/mol. The highest BCUT2D eigenvalue weighted by molar-refractivity contribution is 5.98. The van der Waals surface area contributed by atoms with E-state index < -0.39 is 22.3 Å². The number of hydrogen-bond donors (Lipinski definition) is 2. The summed E-state index contributed by atoms with van der Waals surface area (Å²) in [6.07, 6.45) is 2.12. The van der Waals surface area contributed by atoms with Crippen LogP contribution in [0.25, 0.3) is 0 Å². The summed E-state index contributed by atoms with van der Waals surface area (Å²) in [5.74, 6) is -1.20. The summed E-state index contributed by atoms with van der Waals surface area (Å²) in [4.78, 5) is 36.7. The summed E-state index contributed by atoms with van der Waals surface area (Å²) in [6.45, 7) is 6.69. The number of carboxylic acids is 1. The third kappa shape index (κ3) is 4.12. The molecule has 0 aromatic heterocycles. The van der Waals surface area contributed by atoms with Gasteiger partial charge in [0.2, 0.25) is 0 Å². The number of hydrogen-bond acceptors (Lipinski definition) is 5. The zero-order valence-electron chi connectivity index (χ0n) is 15.3. The molecule has 1 heterocycles. The Morgan fingerprint density at radius 2 is 2.00 bits per heavy atom. The van der Waals surface area contributed by atoms with Gasteiger partial charge in [0.15, 0.2) is 0 Å². The molecule has 8 heteroatoms. The van der Waals surface area contributed by atoms with Gasteiger partial charge in [-0.15, -0.1) is 0 Å². The molecule has 1 amide bonds. The van der Waals surface area contributed by atoms with Crippen LogP contribution in [0.2, 0.25) is 0 Å². The lowest BCUT2D eigenvalue weighted by Gasteiger charge is -2.31. The quantitative estimate of drug-likeness (QED) is 0.593. The molecule has 0 radical (unpaired) electrons. The first kappa shape index (κ1) is 19.7. The molecule has 2 N–H and O–H groups in total. The van der Waals surface area contributed by atoms with Crippen LogP contribution in [-0.2, 0) is 4.79 Å². The Balaban J connectivity index is 2.29. The highest BCUT2D eigenvalue weighted by atomic mass is 16.6. The van der Waals surface area contributed by atoms with Crippen molar-refractivity contribution in [1.82, 2.24) is 5.32 Å². The zero-order valence-corrected chi connectivity index (χ0v) is 15.3. The Hall–Kier alpha value is -2.64. The second kappa shape index (κ2) is 7.72. The fraction of sp³-hybridized carbons (Fsp3) is 0.556. The molecule has 0 spiro atoms. The van der Waals surface area contributed by atoms with Gasteiger partial charge in [0, 0.05) is 24.7 Å². The van der Waals surface area contributed by atoms with Gasteiger partial charge in [0.1, 0.15) is 11.2 Å². The summed E-state index contributed by atoms with van der Waals surface area (Å²) in [6, 6.07) is 4.31. The lowest BCUT2D eigenvalue weighted by Crippen LogP contribution is -2.51. The average Bonchev–Trinajstić information content (AvgIpc) is 2.61. The minimum absolute atomic E-state index is 0.0757. The summed E-state index contributed by atoms with van der Waals surface area (Å²) in [7, 11) is 0. The standard InChI is InChI=1S/C18H25N3O5/c1-4-18(3,17(23)24)19-16(22)13-5-6-14(15(11-13)21(25)26)20-9-7-12(2)8-10-20/h5-6,11-12H,4,7-10H2,1-3H3,(H,19,22)(H,23,24). The molecule has 8 nitrogen and oxygen atoms in total. The third-order valence-electron chi connectivity index (χ3n) is 5.13. The maximum absolute atomic E-state index is 12.4. The van der Waals surface area contributed by atoms with Crippen LogP contribution in [0, 0.1) is 16.0 Å². The van der Waals surface area contributed by atoms with Gasteiger partial charge in [0.25, 0.3) is 11.6 Å². The molecule has 1 unspecified atom stereocenters. The molecular formula is C18H25N3O5. The van der Waals surface area contributed by atoms with E-state index in [2.05, 4.69) is 12.2 Å². The Labute approximate surface area is 152 Å². The lowest BCUT2D eigenvalue weighted by atomic mass is 9.97. The molecule has 0 bridgehead atoms. The summed E-state index contributed by atoms with van der Waals surface area (Å²) in [5.41, 5.74) is -0.990. The molecule has 142 valence electrons. The SMILES string of the molecule is CCC(C)(NC(=O)c1ccc(N2CCC(C)CC2)c([N+](=O)[O-])c1)C(=O)O. The number of nitro benzene ring substituents is 1. The van der Waals surface area contributed by atoms with E-state index in [4.69, 9.17) is 0 Å². The van der Waals surface area contributed by atoms with Crippen molar-refractivity contribution in [2.75, 3.05) is 18.0 Å². The molecule has 1 aromatic rings. The Bertz CT molecular complexity index is 713. The van der Waals surface area contributed by atoms with E-state index in [1.165, 1.54) is 19.1 Å². The molecule has 1 fully saturated rings. The number of carbonyl (C=O) groups excluding carboxylic acids is 1. The Morgan fingerprint density at radius 3 is 2.50 bits per heavy atom. The van der Waals surface area contributed by atoms with Gasteiger partial charge in [-0.1, -0.05) is 13.8 Å². The molecule has 2 rings (SSSR count). The van der Waals surface area contributed by atoms with E-state index in [9.17, 15) is 24.8 Å². The first-order valence-electron chi connectivity index (χ1n) is 8.77. The summed E-state index contributed by atoms with van der Waals surface area (Å²) >= 11 is 0. The van der Waals surface area contributed by atoms with Gasteiger partial charge in [-0.05, 0) is 44.2 Å². The minimum Gasteiger partial charge on any atom is -0.480 e. The van der Waals surface area contributed by atoms with E-state index in [-0.39, 0.29) is 17.7 Å². The van der Waals surface area contributed by atoms with Gasteiger partial charge in [-0.25, -0.2) is 4.79 Å². The maximum Gasteiger partial charge on any atom is 0.329 e. The van der Waals surface area contributed by atoms with E-state index >= 15 is 0 Å². The fourth-order valence-corrected chi connectivity index (χ4v) is 2.94. The van der Waals surface area contributed by atoms with Crippen molar-refractivity contribution >= 4 is 23.3 Å². The van der Waals surface area contributed by atoms with Crippen LogP contribution >= 0.6 is 0 Å². The number of piperidine rings is 1. The zero-order chi connectivity index (χ0) is 19.5. The van der Waals surface area contributed by atoms with Crippen molar-refractivity contribution in [3.63, 3.8) is 0 Å².